The molecule has 0 aliphatic rings. The summed E-state index contributed by atoms with van der Waals surface area (Å²) in [5.41, 5.74) is 0.328. The third-order valence-electron chi connectivity index (χ3n) is 2.48. The summed E-state index contributed by atoms with van der Waals surface area (Å²) in [5, 5.41) is 9.08. The number of hydrogen-bond acceptors (Lipinski definition) is 5. The van der Waals surface area contributed by atoms with Gasteiger partial charge in [-0.25, -0.2) is 4.79 Å². The molecule has 0 saturated carbocycles. The molecule has 2 aromatic rings. The molecule has 0 saturated heterocycles. The molecule has 106 valence electrons. The molecule has 0 radical (unpaired) electrons. The number of methoxy groups -OCH3 is 1. The average Bonchev–Trinajstić information content (AvgIpc) is 2.84. The van der Waals surface area contributed by atoms with Gasteiger partial charge in [-0.2, -0.15) is 4.98 Å². The topological polar surface area (TPSA) is 81.8 Å². The van der Waals surface area contributed by atoms with Crippen LogP contribution in [0.5, 0.6) is 11.7 Å². The standard InChI is InChI=1S/C13H12BrNO5/c1-3-19-13-10(12(16)17)15-11(20-13)8-6-7(18-2)4-5-9(8)14/h4-6H,3H2,1-2H3,(H,16,17). The molecular weight excluding hydrogens is 330 g/mol. The second-order valence-corrected chi connectivity index (χ2v) is 4.59. The van der Waals surface area contributed by atoms with E-state index >= 15 is 0 Å². The molecule has 7 heteroatoms. The van der Waals surface area contributed by atoms with Crippen LogP contribution < -0.4 is 9.47 Å². The quantitative estimate of drug-likeness (QED) is 0.899. The number of aromatic carboxylic acids is 1. The number of rotatable bonds is 5. The first kappa shape index (κ1) is 14.4. The van der Waals surface area contributed by atoms with E-state index in [9.17, 15) is 4.79 Å². The summed E-state index contributed by atoms with van der Waals surface area (Å²) in [6, 6.07) is 5.22. The van der Waals surface area contributed by atoms with Crippen molar-refractivity contribution in [3.8, 4) is 23.1 Å². The summed E-state index contributed by atoms with van der Waals surface area (Å²) in [7, 11) is 1.54. The highest BCUT2D eigenvalue weighted by atomic mass is 79.9. The first-order chi connectivity index (χ1) is 9.56. The number of carboxylic acid groups (broad SMARTS) is 1. The van der Waals surface area contributed by atoms with Crippen LogP contribution in [0.15, 0.2) is 27.1 Å². The number of aromatic nitrogens is 1. The lowest BCUT2D eigenvalue weighted by Gasteiger charge is -2.03. The molecule has 0 aliphatic heterocycles. The molecule has 6 nitrogen and oxygen atoms in total. The highest BCUT2D eigenvalue weighted by Crippen LogP contribution is 2.34. The van der Waals surface area contributed by atoms with E-state index < -0.39 is 5.97 Å². The zero-order valence-corrected chi connectivity index (χ0v) is 12.4. The maximum Gasteiger partial charge on any atom is 0.362 e. The van der Waals surface area contributed by atoms with Gasteiger partial charge in [-0.1, -0.05) is 0 Å². The number of benzene rings is 1. The molecule has 0 atom stereocenters. The maximum atomic E-state index is 11.1. The number of ether oxygens (including phenoxy) is 2. The van der Waals surface area contributed by atoms with Crippen LogP contribution in [0.1, 0.15) is 17.4 Å². The summed E-state index contributed by atoms with van der Waals surface area (Å²) in [4.78, 5) is 15.1. The summed E-state index contributed by atoms with van der Waals surface area (Å²) in [6.07, 6.45) is 0. The molecule has 20 heavy (non-hydrogen) atoms. The third kappa shape index (κ3) is 2.77. The lowest BCUT2D eigenvalue weighted by molar-refractivity contribution is 0.0683. The lowest BCUT2D eigenvalue weighted by atomic mass is 10.2. The predicted molar refractivity (Wildman–Crippen MR) is 74.3 cm³/mol. The van der Waals surface area contributed by atoms with Crippen molar-refractivity contribution in [2.75, 3.05) is 13.7 Å². The molecule has 0 fully saturated rings. The van der Waals surface area contributed by atoms with Gasteiger partial charge in [-0.15, -0.1) is 0 Å². The Morgan fingerprint density at radius 1 is 1.50 bits per heavy atom. The minimum absolute atomic E-state index is 0.107. The number of hydrogen-bond donors (Lipinski definition) is 1. The van der Waals surface area contributed by atoms with Crippen molar-refractivity contribution in [1.29, 1.82) is 0 Å². The van der Waals surface area contributed by atoms with Crippen LogP contribution in [-0.4, -0.2) is 29.8 Å². The van der Waals surface area contributed by atoms with Crippen molar-refractivity contribution < 1.29 is 23.8 Å². The van der Waals surface area contributed by atoms with E-state index in [1.807, 2.05) is 0 Å². The van der Waals surface area contributed by atoms with Gasteiger partial charge in [0.05, 0.1) is 19.3 Å². The van der Waals surface area contributed by atoms with Crippen LogP contribution in [-0.2, 0) is 0 Å². The monoisotopic (exact) mass is 341 g/mol. The van der Waals surface area contributed by atoms with E-state index in [0.29, 0.717) is 15.8 Å². The molecule has 0 amide bonds. The molecular formula is C13H12BrNO5. The van der Waals surface area contributed by atoms with Crippen molar-refractivity contribution in [2.45, 2.75) is 6.92 Å². The normalized spacial score (nSPS) is 10.3. The molecule has 1 aromatic heterocycles. The minimum atomic E-state index is -1.21. The second kappa shape index (κ2) is 5.96. The van der Waals surface area contributed by atoms with Gasteiger partial charge in [0, 0.05) is 4.47 Å². The number of oxazole rings is 1. The number of halogens is 1. The van der Waals surface area contributed by atoms with Crippen LogP contribution >= 0.6 is 15.9 Å². The molecule has 0 spiro atoms. The van der Waals surface area contributed by atoms with Gasteiger partial charge in [0.15, 0.2) is 0 Å². The number of nitrogens with zero attached hydrogens (tertiary/aromatic N) is 1. The van der Waals surface area contributed by atoms with E-state index in [4.69, 9.17) is 19.0 Å². The number of carbonyl (C=O) groups is 1. The zero-order chi connectivity index (χ0) is 14.7. The van der Waals surface area contributed by atoms with Gasteiger partial charge in [0.25, 0.3) is 0 Å². The summed E-state index contributed by atoms with van der Waals surface area (Å²) < 4.78 is 16.4. The predicted octanol–water partition coefficient (Wildman–Crippen LogP) is 3.21. The fourth-order valence-corrected chi connectivity index (χ4v) is 2.00. The van der Waals surface area contributed by atoms with Crippen LogP contribution in [0.2, 0.25) is 0 Å². The van der Waals surface area contributed by atoms with E-state index in [2.05, 4.69) is 20.9 Å². The van der Waals surface area contributed by atoms with E-state index in [1.54, 1.807) is 25.1 Å². The Hall–Kier alpha value is -2.02. The van der Waals surface area contributed by atoms with Gasteiger partial charge in [0.1, 0.15) is 5.75 Å². The van der Waals surface area contributed by atoms with Gasteiger partial charge >= 0.3 is 11.9 Å². The molecule has 0 unspecified atom stereocenters. The Morgan fingerprint density at radius 2 is 2.25 bits per heavy atom. The van der Waals surface area contributed by atoms with Crippen molar-refractivity contribution in [2.24, 2.45) is 0 Å². The highest BCUT2D eigenvalue weighted by Gasteiger charge is 2.23. The van der Waals surface area contributed by atoms with E-state index in [-0.39, 0.29) is 24.1 Å². The van der Waals surface area contributed by atoms with Crippen LogP contribution in [0.3, 0.4) is 0 Å². The minimum Gasteiger partial charge on any atom is -0.497 e. The fourth-order valence-electron chi connectivity index (χ4n) is 1.58. The Labute approximate surface area is 123 Å². The first-order valence-corrected chi connectivity index (χ1v) is 6.57. The Morgan fingerprint density at radius 3 is 2.85 bits per heavy atom. The largest absolute Gasteiger partial charge is 0.497 e. The van der Waals surface area contributed by atoms with E-state index in [1.165, 1.54) is 7.11 Å². The summed E-state index contributed by atoms with van der Waals surface area (Å²) >= 11 is 3.36. The van der Waals surface area contributed by atoms with Crippen LogP contribution in [0, 0.1) is 0 Å². The molecule has 1 heterocycles. The van der Waals surface area contributed by atoms with Crippen molar-refractivity contribution >= 4 is 21.9 Å². The first-order valence-electron chi connectivity index (χ1n) is 5.77. The SMILES string of the molecule is CCOc1oc(-c2cc(OC)ccc2Br)nc1C(=O)O. The smallest absolute Gasteiger partial charge is 0.362 e. The number of carboxylic acids is 1. The second-order valence-electron chi connectivity index (χ2n) is 3.74. The highest BCUT2D eigenvalue weighted by molar-refractivity contribution is 9.10. The molecule has 1 N–H and O–H groups in total. The van der Waals surface area contributed by atoms with E-state index in [0.717, 1.165) is 0 Å². The Kier molecular flexibility index (Phi) is 4.29. The molecule has 0 aliphatic carbocycles. The molecule has 1 aromatic carbocycles. The van der Waals surface area contributed by atoms with Crippen LogP contribution in [0.4, 0.5) is 0 Å². The third-order valence-corrected chi connectivity index (χ3v) is 3.17. The summed E-state index contributed by atoms with van der Waals surface area (Å²) in [5.74, 6) is -0.556. The average molecular weight is 342 g/mol. The summed E-state index contributed by atoms with van der Waals surface area (Å²) in [6.45, 7) is 2.02. The van der Waals surface area contributed by atoms with Crippen LogP contribution in [0.25, 0.3) is 11.5 Å². The fraction of sp³-hybridized carbons (Fsp3) is 0.231. The molecule has 2 rings (SSSR count). The lowest BCUT2D eigenvalue weighted by Crippen LogP contribution is -2.01. The van der Waals surface area contributed by atoms with Gasteiger partial charge in [-0.05, 0) is 41.1 Å². The van der Waals surface area contributed by atoms with Crippen molar-refractivity contribution in [3.63, 3.8) is 0 Å². The van der Waals surface area contributed by atoms with Gasteiger partial charge in [-0.3, -0.25) is 0 Å². The van der Waals surface area contributed by atoms with Gasteiger partial charge < -0.3 is 19.0 Å². The van der Waals surface area contributed by atoms with Crippen molar-refractivity contribution in [1.82, 2.24) is 4.98 Å². The van der Waals surface area contributed by atoms with Crippen molar-refractivity contribution in [3.05, 3.63) is 28.4 Å². The van der Waals surface area contributed by atoms with Gasteiger partial charge in [0.2, 0.25) is 11.6 Å². The molecule has 0 bridgehead atoms. The zero-order valence-electron chi connectivity index (χ0n) is 10.8. The maximum absolute atomic E-state index is 11.1. The Bertz CT molecular complexity index is 638. The Balaban J connectivity index is 2.52.